The van der Waals surface area contributed by atoms with E-state index in [1.54, 1.807) is 31.4 Å². The van der Waals surface area contributed by atoms with E-state index in [9.17, 15) is 9.59 Å². The maximum atomic E-state index is 12.4. The lowest BCUT2D eigenvalue weighted by atomic mass is 10.1. The molecule has 136 valence electrons. The van der Waals surface area contributed by atoms with E-state index >= 15 is 0 Å². The average Bonchev–Trinajstić information content (AvgIpc) is 3.10. The fourth-order valence-corrected chi connectivity index (χ4v) is 3.08. The Labute approximate surface area is 154 Å². The van der Waals surface area contributed by atoms with Crippen molar-refractivity contribution in [2.45, 2.75) is 6.42 Å². The van der Waals surface area contributed by atoms with Gasteiger partial charge in [-0.15, -0.1) is 0 Å². The van der Waals surface area contributed by atoms with Gasteiger partial charge in [-0.3, -0.25) is 9.59 Å². The Morgan fingerprint density at radius 1 is 1.19 bits per heavy atom. The second-order valence-corrected chi connectivity index (χ2v) is 6.16. The first-order valence-electron chi connectivity index (χ1n) is 8.57. The van der Waals surface area contributed by atoms with Crippen molar-refractivity contribution in [3.8, 4) is 5.75 Å². The summed E-state index contributed by atoms with van der Waals surface area (Å²) in [7, 11) is 1.63. The summed E-state index contributed by atoms with van der Waals surface area (Å²) in [5, 5.41) is 4.32. The number of carbonyl (C=O) groups excluding carboxylic acids is 1. The number of hydrogen-bond donors (Lipinski definition) is 3. The van der Waals surface area contributed by atoms with Crippen LogP contribution in [0.2, 0.25) is 0 Å². The van der Waals surface area contributed by atoms with Crippen molar-refractivity contribution in [2.24, 2.45) is 0 Å². The van der Waals surface area contributed by atoms with Crippen molar-refractivity contribution in [3.05, 3.63) is 70.4 Å². The molecule has 2 heterocycles. The Kier molecular flexibility index (Phi) is 4.33. The van der Waals surface area contributed by atoms with Crippen LogP contribution in [-0.4, -0.2) is 34.5 Å². The van der Waals surface area contributed by atoms with Crippen LogP contribution in [0.4, 0.5) is 0 Å². The third kappa shape index (κ3) is 3.27. The van der Waals surface area contributed by atoms with Crippen molar-refractivity contribution in [2.75, 3.05) is 13.7 Å². The lowest BCUT2D eigenvalue weighted by Crippen LogP contribution is -2.29. The molecule has 1 amide bonds. The van der Waals surface area contributed by atoms with Gasteiger partial charge in [0.1, 0.15) is 5.75 Å². The van der Waals surface area contributed by atoms with Crippen molar-refractivity contribution >= 4 is 27.7 Å². The van der Waals surface area contributed by atoms with E-state index in [1.807, 2.05) is 24.4 Å². The SMILES string of the molecule is COc1ccc2[nH]cc(CCNC(=O)c3nc4ccccc4c(=O)[nH]3)c2c1. The molecule has 0 saturated carbocycles. The van der Waals surface area contributed by atoms with Crippen LogP contribution in [0.25, 0.3) is 21.8 Å². The number of ether oxygens (including phenoxy) is 1. The topological polar surface area (TPSA) is 99.9 Å². The molecule has 4 rings (SSSR count). The number of benzene rings is 2. The minimum Gasteiger partial charge on any atom is -0.497 e. The average molecular weight is 362 g/mol. The molecule has 4 aromatic rings. The molecule has 0 fully saturated rings. The standard InChI is InChI=1S/C20H18N4O3/c1-27-13-6-7-16-15(10-13)12(11-22-16)8-9-21-20(26)18-23-17-5-3-2-4-14(17)19(25)24-18/h2-7,10-11,22H,8-9H2,1H3,(H,21,26)(H,23,24,25). The zero-order valence-electron chi connectivity index (χ0n) is 14.7. The number of para-hydroxylation sites is 1. The van der Waals surface area contributed by atoms with E-state index < -0.39 is 5.91 Å². The van der Waals surface area contributed by atoms with Crippen molar-refractivity contribution < 1.29 is 9.53 Å². The minimum atomic E-state index is -0.407. The predicted molar refractivity (Wildman–Crippen MR) is 103 cm³/mol. The molecule has 2 aromatic heterocycles. The van der Waals surface area contributed by atoms with Crippen molar-refractivity contribution in [1.82, 2.24) is 20.3 Å². The molecular formula is C20H18N4O3. The highest BCUT2D eigenvalue weighted by Gasteiger charge is 2.11. The number of nitrogens with zero attached hydrogens (tertiary/aromatic N) is 1. The number of H-pyrrole nitrogens is 2. The highest BCUT2D eigenvalue weighted by atomic mass is 16.5. The Hall–Kier alpha value is -3.61. The third-order valence-electron chi connectivity index (χ3n) is 4.48. The van der Waals surface area contributed by atoms with Gasteiger partial charge in [-0.1, -0.05) is 12.1 Å². The summed E-state index contributed by atoms with van der Waals surface area (Å²) in [6.45, 7) is 0.416. The summed E-state index contributed by atoms with van der Waals surface area (Å²) in [6, 6.07) is 12.7. The maximum absolute atomic E-state index is 12.4. The van der Waals surface area contributed by atoms with Crippen molar-refractivity contribution in [3.63, 3.8) is 0 Å². The van der Waals surface area contributed by atoms with Crippen LogP contribution in [0.5, 0.6) is 5.75 Å². The number of aromatic amines is 2. The third-order valence-corrected chi connectivity index (χ3v) is 4.48. The molecule has 7 nitrogen and oxygen atoms in total. The number of fused-ring (bicyclic) bond motifs is 2. The number of aromatic nitrogens is 3. The summed E-state index contributed by atoms with van der Waals surface area (Å²) >= 11 is 0. The number of nitrogens with one attached hydrogen (secondary N) is 3. The van der Waals surface area contributed by atoms with E-state index in [2.05, 4.69) is 20.3 Å². The van der Waals surface area contributed by atoms with E-state index in [-0.39, 0.29) is 11.4 Å². The fourth-order valence-electron chi connectivity index (χ4n) is 3.08. The monoisotopic (exact) mass is 362 g/mol. The predicted octanol–water partition coefficient (Wildman–Crippen LogP) is 2.39. The Balaban J connectivity index is 1.48. The van der Waals surface area contributed by atoms with Gasteiger partial charge >= 0.3 is 0 Å². The molecule has 0 aliphatic heterocycles. The van der Waals surface area contributed by atoms with Gasteiger partial charge in [0.15, 0.2) is 5.82 Å². The largest absolute Gasteiger partial charge is 0.497 e. The zero-order valence-corrected chi connectivity index (χ0v) is 14.7. The first-order valence-corrected chi connectivity index (χ1v) is 8.57. The van der Waals surface area contributed by atoms with Gasteiger partial charge < -0.3 is 20.0 Å². The van der Waals surface area contributed by atoms with Gasteiger partial charge in [-0.2, -0.15) is 0 Å². The van der Waals surface area contributed by atoms with Gasteiger partial charge in [0, 0.05) is 23.6 Å². The molecule has 0 aliphatic carbocycles. The van der Waals surface area contributed by atoms with Crippen LogP contribution in [0.15, 0.2) is 53.5 Å². The lowest BCUT2D eigenvalue weighted by Gasteiger charge is -2.06. The molecule has 0 spiro atoms. The number of hydrogen-bond acceptors (Lipinski definition) is 4. The molecular weight excluding hydrogens is 344 g/mol. The second kappa shape index (κ2) is 6.95. The molecule has 0 aliphatic rings. The van der Waals surface area contributed by atoms with Gasteiger partial charge in [0.05, 0.1) is 18.0 Å². The van der Waals surface area contributed by atoms with Crippen LogP contribution in [0.3, 0.4) is 0 Å². The first-order chi connectivity index (χ1) is 13.2. The molecule has 2 aromatic carbocycles. The minimum absolute atomic E-state index is 0.0132. The Morgan fingerprint density at radius 3 is 2.89 bits per heavy atom. The summed E-state index contributed by atoms with van der Waals surface area (Å²) in [5.74, 6) is 0.389. The number of methoxy groups -OCH3 is 1. The van der Waals surface area contributed by atoms with Crippen LogP contribution >= 0.6 is 0 Å². The highest BCUT2D eigenvalue weighted by molar-refractivity contribution is 5.92. The molecule has 0 atom stereocenters. The number of carbonyl (C=O) groups is 1. The van der Waals surface area contributed by atoms with Gasteiger partial charge in [0.2, 0.25) is 0 Å². The van der Waals surface area contributed by atoms with Crippen LogP contribution < -0.4 is 15.6 Å². The van der Waals surface area contributed by atoms with Crippen molar-refractivity contribution in [1.29, 1.82) is 0 Å². The zero-order chi connectivity index (χ0) is 18.8. The Morgan fingerprint density at radius 2 is 2.04 bits per heavy atom. The van der Waals surface area contributed by atoms with Gasteiger partial charge in [-0.05, 0) is 42.3 Å². The van der Waals surface area contributed by atoms with E-state index in [4.69, 9.17) is 4.74 Å². The normalized spacial score (nSPS) is 11.0. The summed E-state index contributed by atoms with van der Waals surface area (Å²) < 4.78 is 5.27. The smallest absolute Gasteiger partial charge is 0.287 e. The molecule has 0 saturated heterocycles. The lowest BCUT2D eigenvalue weighted by molar-refractivity contribution is 0.0944. The fraction of sp³-hybridized carbons (Fsp3) is 0.150. The quantitative estimate of drug-likeness (QED) is 0.507. The molecule has 0 radical (unpaired) electrons. The first kappa shape index (κ1) is 16.8. The molecule has 0 unspecified atom stereocenters. The van der Waals surface area contributed by atoms with Crippen LogP contribution in [-0.2, 0) is 6.42 Å². The molecule has 0 bridgehead atoms. The van der Waals surface area contributed by atoms with Crippen LogP contribution in [0, 0.1) is 0 Å². The van der Waals surface area contributed by atoms with E-state index in [0.29, 0.717) is 23.9 Å². The molecule has 27 heavy (non-hydrogen) atoms. The highest BCUT2D eigenvalue weighted by Crippen LogP contribution is 2.23. The molecule has 7 heteroatoms. The Bertz CT molecular complexity index is 1190. The second-order valence-electron chi connectivity index (χ2n) is 6.16. The van der Waals surface area contributed by atoms with E-state index in [1.165, 1.54) is 0 Å². The number of rotatable bonds is 5. The maximum Gasteiger partial charge on any atom is 0.287 e. The summed E-state index contributed by atoms with van der Waals surface area (Å²) in [6.07, 6.45) is 2.56. The molecule has 3 N–H and O–H groups in total. The van der Waals surface area contributed by atoms with Crippen LogP contribution in [0.1, 0.15) is 16.2 Å². The number of amides is 1. The summed E-state index contributed by atoms with van der Waals surface area (Å²) in [5.41, 5.74) is 2.26. The summed E-state index contributed by atoms with van der Waals surface area (Å²) in [4.78, 5) is 34.4. The van der Waals surface area contributed by atoms with Gasteiger partial charge in [0.25, 0.3) is 11.5 Å². The van der Waals surface area contributed by atoms with E-state index in [0.717, 1.165) is 22.2 Å². The van der Waals surface area contributed by atoms with Gasteiger partial charge in [-0.25, -0.2) is 4.98 Å².